The molecule has 0 unspecified atom stereocenters. The van der Waals surface area contributed by atoms with Gasteiger partial charge in [-0.1, -0.05) is 0 Å². The van der Waals surface area contributed by atoms with Crippen molar-refractivity contribution < 1.29 is 4.79 Å². The molecule has 1 aliphatic rings. The fraction of sp³-hybridized carbons (Fsp3) is 0.500. The van der Waals surface area contributed by atoms with Crippen LogP contribution >= 0.6 is 0 Å². The molecule has 2 radical (unpaired) electrons. The number of pyridine rings is 1. The molecule has 1 fully saturated rings. The zero-order chi connectivity index (χ0) is 13.3. The molecule has 0 bridgehead atoms. The van der Waals surface area contributed by atoms with E-state index in [1.54, 1.807) is 4.81 Å². The van der Waals surface area contributed by atoms with Gasteiger partial charge in [0, 0.05) is 0 Å². The van der Waals surface area contributed by atoms with Crippen LogP contribution in [0.25, 0.3) is 0 Å². The summed E-state index contributed by atoms with van der Waals surface area (Å²) >= 11 is -2.18. The average Bonchev–Trinajstić information content (AvgIpc) is 2.28. The van der Waals surface area contributed by atoms with Gasteiger partial charge in [0.15, 0.2) is 0 Å². The summed E-state index contributed by atoms with van der Waals surface area (Å²) in [4.78, 5) is 26.8. The first-order valence-electron chi connectivity index (χ1n) is 6.14. The second-order valence-corrected chi connectivity index (χ2v) is 20.0. The molecule has 0 aromatic carbocycles. The number of carbonyl (C=O) groups is 1. The monoisotopic (exact) mass is 351 g/mol. The Balaban J connectivity index is 2.26. The summed E-state index contributed by atoms with van der Waals surface area (Å²) < 4.78 is 1.20. The zero-order valence-electron chi connectivity index (χ0n) is 11.2. The van der Waals surface area contributed by atoms with E-state index >= 15 is 0 Å². The molecule has 0 aliphatic carbocycles. The second-order valence-electron chi connectivity index (χ2n) is 5.67. The summed E-state index contributed by atoms with van der Waals surface area (Å²) in [5.41, 5.74) is 0.963. The van der Waals surface area contributed by atoms with Crippen molar-refractivity contribution in [2.45, 2.75) is 14.8 Å². The molecule has 94 valence electrons. The molecule has 1 aromatic heterocycles. The van der Waals surface area contributed by atoms with E-state index in [4.69, 9.17) is 7.98 Å². The average molecular weight is 350 g/mol. The van der Waals surface area contributed by atoms with Crippen LogP contribution in [0.2, 0.25) is 14.8 Å². The van der Waals surface area contributed by atoms with Crippen molar-refractivity contribution in [2.24, 2.45) is 0 Å². The molecular weight excluding hydrogens is 332 g/mol. The summed E-state index contributed by atoms with van der Waals surface area (Å²) in [5.74, 6) is 0.0602. The van der Waals surface area contributed by atoms with Crippen LogP contribution in [0.15, 0.2) is 18.3 Å². The van der Waals surface area contributed by atoms with Crippen LogP contribution in [0, 0.1) is 0 Å². The van der Waals surface area contributed by atoms with Crippen molar-refractivity contribution in [1.82, 2.24) is 9.79 Å². The van der Waals surface area contributed by atoms with Gasteiger partial charge in [-0.3, -0.25) is 0 Å². The Labute approximate surface area is 114 Å². The predicted molar refractivity (Wildman–Crippen MR) is 76.9 cm³/mol. The summed E-state index contributed by atoms with van der Waals surface area (Å²) in [7, 11) is 5.65. The summed E-state index contributed by atoms with van der Waals surface area (Å²) in [6, 6.07) is 3.99. The third kappa shape index (κ3) is 3.06. The van der Waals surface area contributed by atoms with Crippen molar-refractivity contribution >= 4 is 41.7 Å². The van der Waals surface area contributed by atoms with Crippen LogP contribution in [0.3, 0.4) is 0 Å². The SMILES string of the molecule is [B]N1CCN(c2ccn[c]([Sn]([CH3])([CH3])[CH3])c2)C(=O)C1. The van der Waals surface area contributed by atoms with Crippen molar-refractivity contribution in [3.05, 3.63) is 18.3 Å². The quantitative estimate of drug-likeness (QED) is 0.723. The van der Waals surface area contributed by atoms with Gasteiger partial charge >= 0.3 is 114 Å². The molecule has 6 heteroatoms. The maximum absolute atomic E-state index is 12.0. The first-order valence-corrected chi connectivity index (χ1v) is 16.1. The molecule has 0 spiro atoms. The van der Waals surface area contributed by atoms with E-state index in [1.165, 1.54) is 3.71 Å². The van der Waals surface area contributed by atoms with E-state index in [0.29, 0.717) is 13.1 Å². The van der Waals surface area contributed by atoms with Gasteiger partial charge in [0.2, 0.25) is 0 Å². The van der Waals surface area contributed by atoms with Crippen molar-refractivity contribution in [1.29, 1.82) is 0 Å². The van der Waals surface area contributed by atoms with Crippen LogP contribution < -0.4 is 8.61 Å². The van der Waals surface area contributed by atoms with E-state index in [2.05, 4.69) is 25.9 Å². The fourth-order valence-electron chi connectivity index (χ4n) is 1.96. The molecule has 18 heavy (non-hydrogen) atoms. The third-order valence-electron chi connectivity index (χ3n) is 3.07. The number of amides is 1. The van der Waals surface area contributed by atoms with Crippen LogP contribution in [-0.4, -0.2) is 61.7 Å². The Morgan fingerprint density at radius 2 is 2.06 bits per heavy atom. The zero-order valence-corrected chi connectivity index (χ0v) is 14.0. The number of carbonyl (C=O) groups excluding carboxylic acids is 1. The summed E-state index contributed by atoms with van der Waals surface area (Å²) in [6.45, 7) is 1.65. The van der Waals surface area contributed by atoms with E-state index in [0.717, 1.165) is 5.69 Å². The molecule has 0 N–H and O–H groups in total. The number of anilines is 1. The Morgan fingerprint density at radius 1 is 1.33 bits per heavy atom. The molecule has 0 saturated carbocycles. The van der Waals surface area contributed by atoms with Crippen molar-refractivity contribution in [2.75, 3.05) is 24.5 Å². The molecular formula is C12H18BN3OSn. The van der Waals surface area contributed by atoms with Gasteiger partial charge in [0.25, 0.3) is 0 Å². The van der Waals surface area contributed by atoms with Gasteiger partial charge in [0.1, 0.15) is 0 Å². The summed E-state index contributed by atoms with van der Waals surface area (Å²) in [6.07, 6.45) is 1.81. The minimum atomic E-state index is -2.18. The van der Waals surface area contributed by atoms with Crippen LogP contribution in [0.4, 0.5) is 5.69 Å². The minimum absolute atomic E-state index is 0.0602. The van der Waals surface area contributed by atoms with Crippen molar-refractivity contribution in [3.63, 3.8) is 0 Å². The Morgan fingerprint density at radius 3 is 2.67 bits per heavy atom. The van der Waals surface area contributed by atoms with Crippen LogP contribution in [0.5, 0.6) is 0 Å². The normalized spacial score (nSPS) is 18.2. The van der Waals surface area contributed by atoms with Gasteiger partial charge in [-0.2, -0.15) is 0 Å². The Bertz CT molecular complexity index is 461. The standard InChI is InChI=1S/C9H9BN3O.3CH3.Sn/c10-12-5-6-13(9(14)7-12)8-1-3-11-4-2-8;;;;/h1-3H,5-7H2;3*1H3;. The number of piperazine rings is 1. The van der Waals surface area contributed by atoms with Gasteiger partial charge in [-0.15, -0.1) is 0 Å². The fourth-order valence-corrected chi connectivity index (χ4v) is 4.94. The molecule has 1 saturated heterocycles. The number of hydrogen-bond acceptors (Lipinski definition) is 3. The van der Waals surface area contributed by atoms with E-state index < -0.39 is 18.4 Å². The van der Waals surface area contributed by atoms with E-state index in [9.17, 15) is 4.79 Å². The summed E-state index contributed by atoms with van der Waals surface area (Å²) in [5, 5.41) is 0. The molecule has 1 aliphatic heterocycles. The molecule has 0 atom stereocenters. The molecule has 2 rings (SSSR count). The van der Waals surface area contributed by atoms with E-state index in [-0.39, 0.29) is 12.5 Å². The van der Waals surface area contributed by atoms with Crippen molar-refractivity contribution in [3.8, 4) is 0 Å². The first-order chi connectivity index (χ1) is 8.38. The number of hydrogen-bond donors (Lipinski definition) is 0. The first kappa shape index (κ1) is 13.9. The molecule has 4 nitrogen and oxygen atoms in total. The Hall–Kier alpha value is -0.556. The molecule has 1 amide bonds. The van der Waals surface area contributed by atoms with Crippen LogP contribution in [-0.2, 0) is 4.79 Å². The number of aromatic nitrogens is 1. The number of nitrogens with zero attached hydrogens (tertiary/aromatic N) is 3. The predicted octanol–water partition coefficient (Wildman–Crippen LogP) is 0.359. The topological polar surface area (TPSA) is 36.4 Å². The Kier molecular flexibility index (Phi) is 4.01. The third-order valence-corrected chi connectivity index (χ3v) is 8.24. The van der Waals surface area contributed by atoms with Gasteiger partial charge < -0.3 is 0 Å². The molecule has 1 aromatic rings. The van der Waals surface area contributed by atoms with Gasteiger partial charge in [-0.05, 0) is 0 Å². The molecule has 2 heterocycles. The van der Waals surface area contributed by atoms with Crippen LogP contribution in [0.1, 0.15) is 0 Å². The second kappa shape index (κ2) is 5.21. The maximum atomic E-state index is 12.0. The van der Waals surface area contributed by atoms with Gasteiger partial charge in [-0.25, -0.2) is 0 Å². The van der Waals surface area contributed by atoms with E-state index in [1.807, 2.05) is 17.2 Å². The number of rotatable bonds is 2. The van der Waals surface area contributed by atoms with Gasteiger partial charge in [0.05, 0.1) is 0 Å².